The van der Waals surface area contributed by atoms with Gasteiger partial charge in [-0.25, -0.2) is 14.1 Å². The Morgan fingerprint density at radius 2 is 2.00 bits per heavy atom. The first kappa shape index (κ1) is 9.51. The fraction of sp³-hybridized carbons (Fsp3) is 0.100. The largest absolute Gasteiger partial charge is 0.294 e. The van der Waals surface area contributed by atoms with Crippen LogP contribution in [0.2, 0.25) is 0 Å². The highest BCUT2D eigenvalue weighted by Crippen LogP contribution is 2.15. The molecule has 0 aliphatic carbocycles. The standard InChI is InChI=1S/C10H8FN3O/c1-14-9(6-15)12-10(13-14)7-2-4-8(11)5-3-7/h2-6H,1H3. The van der Waals surface area contributed by atoms with Crippen LogP contribution in [0.5, 0.6) is 0 Å². The molecule has 1 heterocycles. The van der Waals surface area contributed by atoms with Crippen molar-refractivity contribution in [1.82, 2.24) is 14.8 Å². The predicted molar refractivity (Wildman–Crippen MR) is 51.8 cm³/mol. The molecule has 1 aromatic carbocycles. The molecule has 0 unspecified atom stereocenters. The van der Waals surface area contributed by atoms with Gasteiger partial charge in [-0.05, 0) is 24.3 Å². The Morgan fingerprint density at radius 3 is 2.53 bits per heavy atom. The lowest BCUT2D eigenvalue weighted by Gasteiger charge is -1.93. The fourth-order valence-corrected chi connectivity index (χ4v) is 1.22. The number of hydrogen-bond donors (Lipinski definition) is 0. The Kier molecular flexibility index (Phi) is 2.29. The van der Waals surface area contributed by atoms with Gasteiger partial charge >= 0.3 is 0 Å². The van der Waals surface area contributed by atoms with Gasteiger partial charge in [-0.3, -0.25) is 4.79 Å². The van der Waals surface area contributed by atoms with Gasteiger partial charge in [0.2, 0.25) is 0 Å². The van der Waals surface area contributed by atoms with Crippen LogP contribution < -0.4 is 0 Å². The first-order valence-electron chi connectivity index (χ1n) is 4.33. The third kappa shape index (κ3) is 1.76. The molecule has 0 aliphatic rings. The number of aldehydes is 1. The lowest BCUT2D eigenvalue weighted by molar-refractivity contribution is 0.111. The second-order valence-electron chi connectivity index (χ2n) is 3.04. The van der Waals surface area contributed by atoms with E-state index in [9.17, 15) is 9.18 Å². The van der Waals surface area contributed by atoms with E-state index in [4.69, 9.17) is 0 Å². The molecule has 0 radical (unpaired) electrons. The van der Waals surface area contributed by atoms with Gasteiger partial charge in [-0.2, -0.15) is 5.10 Å². The molecule has 0 amide bonds. The molecule has 4 nitrogen and oxygen atoms in total. The number of hydrogen-bond acceptors (Lipinski definition) is 3. The van der Waals surface area contributed by atoms with E-state index in [1.807, 2.05) is 0 Å². The van der Waals surface area contributed by atoms with E-state index in [1.54, 1.807) is 19.2 Å². The molecule has 2 rings (SSSR count). The summed E-state index contributed by atoms with van der Waals surface area (Å²) >= 11 is 0. The molecule has 76 valence electrons. The van der Waals surface area contributed by atoms with E-state index in [2.05, 4.69) is 10.1 Å². The highest BCUT2D eigenvalue weighted by Gasteiger charge is 2.07. The predicted octanol–water partition coefficient (Wildman–Crippen LogP) is 1.43. The van der Waals surface area contributed by atoms with Crippen molar-refractivity contribution in [2.24, 2.45) is 7.05 Å². The maximum atomic E-state index is 12.7. The summed E-state index contributed by atoms with van der Waals surface area (Å²) in [5.41, 5.74) is 0.681. The number of nitrogens with zero attached hydrogens (tertiary/aromatic N) is 3. The van der Waals surface area contributed by atoms with Crippen molar-refractivity contribution in [3.8, 4) is 11.4 Å². The number of carbonyl (C=O) groups is 1. The summed E-state index contributed by atoms with van der Waals surface area (Å²) in [5, 5.41) is 4.03. The molecule has 0 fully saturated rings. The SMILES string of the molecule is Cn1nc(-c2ccc(F)cc2)nc1C=O. The van der Waals surface area contributed by atoms with Crippen molar-refractivity contribution in [2.45, 2.75) is 0 Å². The van der Waals surface area contributed by atoms with Crippen LogP contribution in [0.1, 0.15) is 10.6 Å². The summed E-state index contributed by atoms with van der Waals surface area (Å²) in [6.07, 6.45) is 0.625. The normalized spacial score (nSPS) is 10.3. The minimum absolute atomic E-state index is 0.245. The third-order valence-electron chi connectivity index (χ3n) is 2.00. The number of halogens is 1. The average Bonchev–Trinajstić information content (AvgIpc) is 2.61. The Hall–Kier alpha value is -2.04. The fourth-order valence-electron chi connectivity index (χ4n) is 1.22. The maximum absolute atomic E-state index is 12.7. The molecule has 5 heteroatoms. The molecule has 0 aliphatic heterocycles. The van der Waals surface area contributed by atoms with Crippen LogP contribution in [0, 0.1) is 5.82 Å². The molecular weight excluding hydrogens is 197 g/mol. The van der Waals surface area contributed by atoms with E-state index in [0.717, 1.165) is 0 Å². The molecule has 0 atom stereocenters. The lowest BCUT2D eigenvalue weighted by atomic mass is 10.2. The van der Waals surface area contributed by atoms with Crippen molar-refractivity contribution >= 4 is 6.29 Å². The summed E-state index contributed by atoms with van der Waals surface area (Å²) in [4.78, 5) is 14.5. The zero-order valence-corrected chi connectivity index (χ0v) is 8.01. The van der Waals surface area contributed by atoms with Gasteiger partial charge in [0.05, 0.1) is 0 Å². The number of rotatable bonds is 2. The summed E-state index contributed by atoms with van der Waals surface area (Å²) in [6, 6.07) is 5.79. The first-order chi connectivity index (χ1) is 7.20. The van der Waals surface area contributed by atoms with Crippen LogP contribution in [-0.4, -0.2) is 21.1 Å². The molecule has 1 aromatic heterocycles. The number of carbonyl (C=O) groups excluding carboxylic acids is 1. The third-order valence-corrected chi connectivity index (χ3v) is 2.00. The second-order valence-corrected chi connectivity index (χ2v) is 3.04. The van der Waals surface area contributed by atoms with Crippen LogP contribution >= 0.6 is 0 Å². The van der Waals surface area contributed by atoms with E-state index >= 15 is 0 Å². The second kappa shape index (κ2) is 3.61. The molecule has 0 N–H and O–H groups in total. The number of benzene rings is 1. The molecule has 0 saturated heterocycles. The highest BCUT2D eigenvalue weighted by atomic mass is 19.1. The average molecular weight is 205 g/mol. The van der Waals surface area contributed by atoms with Crippen LogP contribution in [-0.2, 0) is 7.05 Å². The van der Waals surface area contributed by atoms with Crippen molar-refractivity contribution in [1.29, 1.82) is 0 Å². The molecule has 0 saturated carbocycles. The summed E-state index contributed by atoms with van der Waals surface area (Å²) in [7, 11) is 1.63. The van der Waals surface area contributed by atoms with Gasteiger partial charge < -0.3 is 0 Å². The minimum Gasteiger partial charge on any atom is -0.294 e. The monoisotopic (exact) mass is 205 g/mol. The molecular formula is C10H8FN3O. The Morgan fingerprint density at radius 1 is 1.33 bits per heavy atom. The van der Waals surface area contributed by atoms with E-state index < -0.39 is 0 Å². The van der Waals surface area contributed by atoms with Gasteiger partial charge in [0.15, 0.2) is 17.9 Å². The number of aromatic nitrogens is 3. The van der Waals surface area contributed by atoms with Crippen molar-refractivity contribution in [3.63, 3.8) is 0 Å². The quantitative estimate of drug-likeness (QED) is 0.697. The van der Waals surface area contributed by atoms with Crippen LogP contribution in [0.4, 0.5) is 4.39 Å². The highest BCUT2D eigenvalue weighted by molar-refractivity contribution is 5.70. The zero-order chi connectivity index (χ0) is 10.8. The summed E-state index contributed by atoms with van der Waals surface area (Å²) in [6.45, 7) is 0. The van der Waals surface area contributed by atoms with Gasteiger partial charge in [-0.1, -0.05) is 0 Å². The van der Waals surface area contributed by atoms with Crippen LogP contribution in [0.25, 0.3) is 11.4 Å². The summed E-state index contributed by atoms with van der Waals surface area (Å²) in [5.74, 6) is 0.346. The van der Waals surface area contributed by atoms with Gasteiger partial charge in [0.25, 0.3) is 0 Å². The number of aryl methyl sites for hydroxylation is 1. The van der Waals surface area contributed by atoms with Crippen molar-refractivity contribution < 1.29 is 9.18 Å². The molecule has 2 aromatic rings. The Labute approximate surface area is 85.4 Å². The molecule has 15 heavy (non-hydrogen) atoms. The first-order valence-corrected chi connectivity index (χ1v) is 4.33. The van der Waals surface area contributed by atoms with Crippen molar-refractivity contribution in [2.75, 3.05) is 0 Å². The van der Waals surface area contributed by atoms with Gasteiger partial charge in [0, 0.05) is 12.6 Å². The topological polar surface area (TPSA) is 47.8 Å². The van der Waals surface area contributed by atoms with E-state index in [1.165, 1.54) is 16.8 Å². The van der Waals surface area contributed by atoms with Crippen LogP contribution in [0.15, 0.2) is 24.3 Å². The molecule has 0 spiro atoms. The van der Waals surface area contributed by atoms with E-state index in [-0.39, 0.29) is 11.6 Å². The Bertz CT molecular complexity index is 490. The zero-order valence-electron chi connectivity index (χ0n) is 8.01. The molecule has 0 bridgehead atoms. The van der Waals surface area contributed by atoms with Crippen molar-refractivity contribution in [3.05, 3.63) is 35.9 Å². The van der Waals surface area contributed by atoms with Crippen LogP contribution in [0.3, 0.4) is 0 Å². The smallest absolute Gasteiger partial charge is 0.191 e. The Balaban J connectivity index is 2.45. The minimum atomic E-state index is -0.315. The van der Waals surface area contributed by atoms with E-state index in [0.29, 0.717) is 17.7 Å². The van der Waals surface area contributed by atoms with Gasteiger partial charge in [-0.15, -0.1) is 0 Å². The maximum Gasteiger partial charge on any atom is 0.191 e. The summed E-state index contributed by atoms with van der Waals surface area (Å²) < 4.78 is 14.0. The lowest BCUT2D eigenvalue weighted by Crippen LogP contribution is -1.96. The van der Waals surface area contributed by atoms with Gasteiger partial charge in [0.1, 0.15) is 5.82 Å².